The molecule has 0 atom stereocenters. The van der Waals surface area contributed by atoms with E-state index in [2.05, 4.69) is 10.0 Å². The van der Waals surface area contributed by atoms with E-state index in [9.17, 15) is 17.6 Å². The average Bonchev–Trinajstić information content (AvgIpc) is 3.08. The Labute approximate surface area is 161 Å². The number of anilines is 1. The van der Waals surface area contributed by atoms with Crippen LogP contribution in [0.15, 0.2) is 53.4 Å². The molecule has 1 amide bonds. The van der Waals surface area contributed by atoms with E-state index < -0.39 is 15.9 Å². The maximum atomic E-state index is 13.8. The highest BCUT2D eigenvalue weighted by molar-refractivity contribution is 7.89. The summed E-state index contributed by atoms with van der Waals surface area (Å²) in [7, 11) is -3.63. The second kappa shape index (κ2) is 8.16. The zero-order chi connectivity index (χ0) is 19.4. The molecule has 0 unspecified atom stereocenters. The highest BCUT2D eigenvalue weighted by atomic mass is 32.2. The Morgan fingerprint density at radius 1 is 1.15 bits per heavy atom. The number of hydrogen-bond acceptors (Lipinski definition) is 4. The molecular formula is C19H19FN2O3S2. The van der Waals surface area contributed by atoms with Gasteiger partial charge in [-0.2, -0.15) is 0 Å². The Morgan fingerprint density at radius 3 is 2.67 bits per heavy atom. The summed E-state index contributed by atoms with van der Waals surface area (Å²) in [6.07, 6.45) is 1.63. The molecule has 5 nitrogen and oxygen atoms in total. The number of rotatable bonds is 7. The average molecular weight is 407 g/mol. The zero-order valence-electron chi connectivity index (χ0n) is 14.7. The second-order valence-corrected chi connectivity index (χ2v) is 8.85. The van der Waals surface area contributed by atoms with E-state index in [1.807, 2.05) is 6.92 Å². The molecule has 27 heavy (non-hydrogen) atoms. The standard InChI is InChI=1S/C19H19FN2O3S2/c1-2-3-10-21-27(24,25)14-7-4-6-13(11-14)22-19(23)18-12-15-16(20)8-5-9-17(15)26-18/h4-9,11-12,21H,2-3,10H2,1H3,(H,22,23). The maximum absolute atomic E-state index is 13.8. The van der Waals surface area contributed by atoms with Gasteiger partial charge in [0.2, 0.25) is 10.0 Å². The van der Waals surface area contributed by atoms with Crippen LogP contribution < -0.4 is 10.0 Å². The van der Waals surface area contributed by atoms with Crippen LogP contribution in [0.25, 0.3) is 10.1 Å². The summed E-state index contributed by atoms with van der Waals surface area (Å²) in [6.45, 7) is 2.34. The minimum atomic E-state index is -3.63. The summed E-state index contributed by atoms with van der Waals surface area (Å²) >= 11 is 1.18. The van der Waals surface area contributed by atoms with Crippen molar-refractivity contribution in [2.24, 2.45) is 0 Å². The molecule has 0 aliphatic carbocycles. The van der Waals surface area contributed by atoms with Crippen molar-refractivity contribution in [1.29, 1.82) is 0 Å². The van der Waals surface area contributed by atoms with Gasteiger partial charge in [0.1, 0.15) is 5.82 Å². The fraction of sp³-hybridized carbons (Fsp3) is 0.211. The van der Waals surface area contributed by atoms with Gasteiger partial charge in [0.25, 0.3) is 5.91 Å². The number of sulfonamides is 1. The molecule has 0 fully saturated rings. The van der Waals surface area contributed by atoms with E-state index in [-0.39, 0.29) is 10.7 Å². The fourth-order valence-corrected chi connectivity index (χ4v) is 4.63. The lowest BCUT2D eigenvalue weighted by Crippen LogP contribution is -2.24. The van der Waals surface area contributed by atoms with Crippen LogP contribution in [-0.2, 0) is 10.0 Å². The normalized spacial score (nSPS) is 11.6. The van der Waals surface area contributed by atoms with E-state index in [4.69, 9.17) is 0 Å². The van der Waals surface area contributed by atoms with Gasteiger partial charge >= 0.3 is 0 Å². The van der Waals surface area contributed by atoms with Crippen molar-refractivity contribution in [2.45, 2.75) is 24.7 Å². The van der Waals surface area contributed by atoms with Crippen LogP contribution in [0.4, 0.5) is 10.1 Å². The van der Waals surface area contributed by atoms with Crippen LogP contribution in [0.3, 0.4) is 0 Å². The summed E-state index contributed by atoms with van der Waals surface area (Å²) in [5.41, 5.74) is 0.358. The number of thiophene rings is 1. The number of hydrogen-bond donors (Lipinski definition) is 2. The summed E-state index contributed by atoms with van der Waals surface area (Å²) < 4.78 is 41.6. The van der Waals surface area contributed by atoms with E-state index >= 15 is 0 Å². The molecule has 1 aromatic heterocycles. The third-order valence-corrected chi connectivity index (χ3v) is 6.51. The first-order valence-corrected chi connectivity index (χ1v) is 10.8. The lowest BCUT2D eigenvalue weighted by molar-refractivity contribution is 0.103. The SMILES string of the molecule is CCCCNS(=O)(=O)c1cccc(NC(=O)c2cc3c(F)cccc3s2)c1. The minimum absolute atomic E-state index is 0.0822. The van der Waals surface area contributed by atoms with E-state index in [1.54, 1.807) is 24.3 Å². The Hall–Kier alpha value is -2.29. The van der Waals surface area contributed by atoms with Crippen LogP contribution in [0.1, 0.15) is 29.4 Å². The number of carbonyl (C=O) groups is 1. The topological polar surface area (TPSA) is 75.3 Å². The number of amides is 1. The Kier molecular flexibility index (Phi) is 5.88. The summed E-state index contributed by atoms with van der Waals surface area (Å²) in [5, 5.41) is 3.07. The van der Waals surface area contributed by atoms with Gasteiger partial charge in [0, 0.05) is 22.3 Å². The molecule has 2 aromatic carbocycles. The molecule has 142 valence electrons. The first-order chi connectivity index (χ1) is 12.9. The third-order valence-electron chi connectivity index (χ3n) is 3.96. The van der Waals surface area contributed by atoms with Crippen LogP contribution in [0, 0.1) is 5.82 Å². The van der Waals surface area contributed by atoms with Gasteiger partial charge in [0.15, 0.2) is 0 Å². The largest absolute Gasteiger partial charge is 0.321 e. The van der Waals surface area contributed by atoms with E-state index in [0.29, 0.717) is 27.2 Å². The number of halogens is 1. The van der Waals surface area contributed by atoms with Crippen LogP contribution in [-0.4, -0.2) is 20.9 Å². The smallest absolute Gasteiger partial charge is 0.265 e. The van der Waals surface area contributed by atoms with Crippen molar-refractivity contribution in [3.05, 3.63) is 59.2 Å². The number of fused-ring (bicyclic) bond motifs is 1. The van der Waals surface area contributed by atoms with Crippen LogP contribution in [0.5, 0.6) is 0 Å². The van der Waals surface area contributed by atoms with Crippen LogP contribution >= 0.6 is 11.3 Å². The molecule has 0 aliphatic heterocycles. The number of carbonyl (C=O) groups excluding carboxylic acids is 1. The molecule has 0 bridgehead atoms. The number of benzene rings is 2. The zero-order valence-corrected chi connectivity index (χ0v) is 16.3. The van der Waals surface area contributed by atoms with Crippen LogP contribution in [0.2, 0.25) is 0 Å². The molecule has 8 heteroatoms. The van der Waals surface area contributed by atoms with E-state index in [0.717, 1.165) is 12.8 Å². The Balaban J connectivity index is 1.79. The number of unbranched alkanes of at least 4 members (excludes halogenated alkanes) is 1. The van der Waals surface area contributed by atoms with Gasteiger partial charge in [-0.05, 0) is 42.8 Å². The Morgan fingerprint density at radius 2 is 1.93 bits per heavy atom. The molecule has 3 rings (SSSR count). The Bertz CT molecular complexity index is 1080. The summed E-state index contributed by atoms with van der Waals surface area (Å²) in [5.74, 6) is -0.793. The maximum Gasteiger partial charge on any atom is 0.265 e. The van der Waals surface area contributed by atoms with Gasteiger partial charge in [-0.15, -0.1) is 11.3 Å². The molecule has 0 saturated heterocycles. The molecule has 2 N–H and O–H groups in total. The molecular weight excluding hydrogens is 387 g/mol. The van der Waals surface area contributed by atoms with Gasteiger partial charge in [-0.1, -0.05) is 25.5 Å². The number of nitrogens with one attached hydrogen (secondary N) is 2. The fourth-order valence-electron chi connectivity index (χ4n) is 2.54. The van der Waals surface area contributed by atoms with Crippen molar-refractivity contribution >= 4 is 43.0 Å². The van der Waals surface area contributed by atoms with Crippen molar-refractivity contribution < 1.29 is 17.6 Å². The molecule has 0 aliphatic rings. The third kappa shape index (κ3) is 4.52. The quantitative estimate of drug-likeness (QED) is 0.572. The van der Waals surface area contributed by atoms with E-state index in [1.165, 1.54) is 35.6 Å². The molecule has 0 saturated carbocycles. The molecule has 3 aromatic rings. The van der Waals surface area contributed by atoms with Gasteiger partial charge in [-0.3, -0.25) is 4.79 Å². The van der Waals surface area contributed by atoms with Gasteiger partial charge in [-0.25, -0.2) is 17.5 Å². The van der Waals surface area contributed by atoms with Crippen molar-refractivity contribution in [1.82, 2.24) is 4.72 Å². The predicted molar refractivity (Wildman–Crippen MR) is 106 cm³/mol. The predicted octanol–water partition coefficient (Wildman–Crippen LogP) is 4.37. The van der Waals surface area contributed by atoms with Crippen molar-refractivity contribution in [3.8, 4) is 0 Å². The lowest BCUT2D eigenvalue weighted by Gasteiger charge is -2.09. The van der Waals surface area contributed by atoms with Gasteiger partial charge < -0.3 is 5.32 Å². The highest BCUT2D eigenvalue weighted by Crippen LogP contribution is 2.28. The molecule has 1 heterocycles. The summed E-state index contributed by atoms with van der Waals surface area (Å²) in [6, 6.07) is 12.2. The first kappa shape index (κ1) is 19.5. The lowest BCUT2D eigenvalue weighted by atomic mass is 10.2. The van der Waals surface area contributed by atoms with Gasteiger partial charge in [0.05, 0.1) is 9.77 Å². The first-order valence-electron chi connectivity index (χ1n) is 8.50. The highest BCUT2D eigenvalue weighted by Gasteiger charge is 2.16. The van der Waals surface area contributed by atoms with Crippen molar-refractivity contribution in [3.63, 3.8) is 0 Å². The minimum Gasteiger partial charge on any atom is -0.321 e. The van der Waals surface area contributed by atoms with Crippen molar-refractivity contribution in [2.75, 3.05) is 11.9 Å². The second-order valence-electron chi connectivity index (χ2n) is 6.00. The monoisotopic (exact) mass is 406 g/mol. The molecule has 0 radical (unpaired) electrons. The summed E-state index contributed by atoms with van der Waals surface area (Å²) in [4.78, 5) is 12.9. The molecule has 0 spiro atoms.